The average molecular weight is 490 g/mol. The molecule has 190 valence electrons. The number of fused-ring (bicyclic) bond motifs is 2. The Morgan fingerprint density at radius 2 is 1.94 bits per heavy atom. The summed E-state index contributed by atoms with van der Waals surface area (Å²) in [6.45, 7) is 3.80. The van der Waals surface area contributed by atoms with Crippen molar-refractivity contribution >= 4 is 16.9 Å². The number of ether oxygens (including phenoxy) is 1. The minimum Gasteiger partial charge on any atom is -0.486 e. The lowest BCUT2D eigenvalue weighted by molar-refractivity contribution is 0.0497. The van der Waals surface area contributed by atoms with Gasteiger partial charge < -0.3 is 18.8 Å². The Balaban J connectivity index is 1.44. The molecule has 1 amide bonds. The molecule has 2 saturated carbocycles. The topological polar surface area (TPSA) is 82.2 Å². The van der Waals surface area contributed by atoms with E-state index >= 15 is 0 Å². The molecule has 6 rings (SSSR count). The quantitative estimate of drug-likeness (QED) is 0.441. The van der Waals surface area contributed by atoms with Crippen molar-refractivity contribution < 1.29 is 9.53 Å². The number of unbranched alkanes of at least 4 members (excludes halogenated alkanes) is 1. The van der Waals surface area contributed by atoms with Crippen molar-refractivity contribution in [1.29, 1.82) is 0 Å². The second-order valence-corrected chi connectivity index (χ2v) is 10.7. The number of aromatic nitrogens is 4. The monoisotopic (exact) mass is 489 g/mol. The van der Waals surface area contributed by atoms with E-state index in [1.807, 2.05) is 21.7 Å². The number of rotatable bonds is 8. The van der Waals surface area contributed by atoms with Gasteiger partial charge in [-0.2, -0.15) is 4.98 Å². The fourth-order valence-corrected chi connectivity index (χ4v) is 6.29. The summed E-state index contributed by atoms with van der Waals surface area (Å²) < 4.78 is 10.2. The number of hydrogen-bond acceptors (Lipinski definition) is 5. The largest absolute Gasteiger partial charge is 0.486 e. The number of amides is 1. The lowest BCUT2D eigenvalue weighted by atomic mass is 9.90. The predicted octanol–water partition coefficient (Wildman–Crippen LogP) is 4.29. The fraction of sp³-hybridized carbons (Fsp3) is 0.571. The van der Waals surface area contributed by atoms with Gasteiger partial charge in [0.25, 0.3) is 5.91 Å². The number of carbonyl (C=O) groups excluding carboxylic acids is 1. The zero-order valence-corrected chi connectivity index (χ0v) is 21.1. The van der Waals surface area contributed by atoms with Crippen molar-refractivity contribution in [2.75, 3.05) is 13.2 Å². The highest BCUT2D eigenvalue weighted by atomic mass is 16.5. The molecule has 2 fully saturated rings. The van der Waals surface area contributed by atoms with Gasteiger partial charge in [-0.15, -0.1) is 0 Å². The average Bonchev–Trinajstić information content (AvgIpc) is 3.49. The molecule has 0 saturated heterocycles. The molecule has 0 N–H and O–H groups in total. The minimum absolute atomic E-state index is 0.0771. The third-order valence-electron chi connectivity index (χ3n) is 8.49. The van der Waals surface area contributed by atoms with Crippen molar-refractivity contribution in [3.8, 4) is 5.75 Å². The van der Waals surface area contributed by atoms with Gasteiger partial charge in [0, 0.05) is 43.3 Å². The summed E-state index contributed by atoms with van der Waals surface area (Å²) in [5.41, 5.74) is 0.741. The molecule has 0 spiro atoms. The first-order valence-corrected chi connectivity index (χ1v) is 13.6. The zero-order chi connectivity index (χ0) is 24.7. The summed E-state index contributed by atoms with van der Waals surface area (Å²) in [4.78, 5) is 38.3. The van der Waals surface area contributed by atoms with Gasteiger partial charge in [-0.3, -0.25) is 9.59 Å². The van der Waals surface area contributed by atoms with E-state index in [1.54, 1.807) is 0 Å². The van der Waals surface area contributed by atoms with E-state index in [0.29, 0.717) is 37.6 Å². The van der Waals surface area contributed by atoms with Crippen LogP contribution < -0.4 is 10.3 Å². The summed E-state index contributed by atoms with van der Waals surface area (Å²) in [5.74, 6) is 0.751. The lowest BCUT2D eigenvalue weighted by Crippen LogP contribution is -2.51. The van der Waals surface area contributed by atoms with Crippen molar-refractivity contribution in [1.82, 2.24) is 24.0 Å². The van der Waals surface area contributed by atoms with E-state index in [-0.39, 0.29) is 23.2 Å². The van der Waals surface area contributed by atoms with Gasteiger partial charge in [0.05, 0.1) is 12.1 Å². The molecule has 8 heteroatoms. The maximum atomic E-state index is 13.8. The molecule has 36 heavy (non-hydrogen) atoms. The highest BCUT2D eigenvalue weighted by Gasteiger charge is 2.41. The molecule has 8 nitrogen and oxygen atoms in total. The van der Waals surface area contributed by atoms with Crippen LogP contribution in [0.5, 0.6) is 5.75 Å². The maximum absolute atomic E-state index is 13.8. The summed E-state index contributed by atoms with van der Waals surface area (Å²) in [6, 6.07) is 6.44. The summed E-state index contributed by atoms with van der Waals surface area (Å²) in [6.07, 6.45) is 13.8. The van der Waals surface area contributed by atoms with Crippen LogP contribution >= 0.6 is 0 Å². The van der Waals surface area contributed by atoms with Crippen molar-refractivity contribution in [2.45, 2.75) is 89.3 Å². The highest BCUT2D eigenvalue weighted by Crippen LogP contribution is 2.41. The molecule has 1 aliphatic heterocycles. The molecule has 0 atom stereocenters. The molecule has 2 aliphatic carbocycles. The SMILES string of the molecule is CCCCOc1c2n(c(CC3(n4ccc5cccnc54)CCCC3)nc1=O)CCN(C1CCC1)C2=O. The number of pyridine rings is 1. The zero-order valence-electron chi connectivity index (χ0n) is 21.1. The van der Waals surface area contributed by atoms with E-state index in [2.05, 4.69) is 39.8 Å². The van der Waals surface area contributed by atoms with Crippen LogP contribution in [0, 0.1) is 0 Å². The molecular weight excluding hydrogens is 454 g/mol. The standard InChI is InChI=1S/C28H35N5O3/c1-2-3-18-36-24-23-27(35)31(21-9-6-10-21)16-17-32(23)22(30-26(24)34)19-28(12-4-5-13-28)33-15-11-20-8-7-14-29-25(20)33/h7-8,11,14-15,21H,2-6,9-10,12-13,16-19H2,1H3. The van der Waals surface area contributed by atoms with Crippen LogP contribution in [0.25, 0.3) is 11.0 Å². The molecule has 0 unspecified atom stereocenters. The summed E-state index contributed by atoms with van der Waals surface area (Å²) >= 11 is 0. The Kier molecular flexibility index (Phi) is 6.05. The molecule has 3 aromatic rings. The highest BCUT2D eigenvalue weighted by molar-refractivity contribution is 5.96. The van der Waals surface area contributed by atoms with Gasteiger partial charge in [-0.05, 0) is 56.7 Å². The van der Waals surface area contributed by atoms with Gasteiger partial charge in [0.1, 0.15) is 11.5 Å². The normalized spacial score (nSPS) is 19.5. The maximum Gasteiger partial charge on any atom is 0.316 e. The van der Waals surface area contributed by atoms with Crippen molar-refractivity contribution in [2.24, 2.45) is 0 Å². The Morgan fingerprint density at radius 3 is 2.69 bits per heavy atom. The van der Waals surface area contributed by atoms with Crippen LogP contribution in [0.15, 0.2) is 35.4 Å². The number of carbonyl (C=O) groups is 1. The molecule has 0 radical (unpaired) electrons. The Morgan fingerprint density at radius 1 is 1.11 bits per heavy atom. The van der Waals surface area contributed by atoms with Gasteiger partial charge in [0.2, 0.25) is 5.75 Å². The molecular formula is C28H35N5O3. The third-order valence-corrected chi connectivity index (χ3v) is 8.49. The molecule has 3 aromatic heterocycles. The third kappa shape index (κ3) is 3.82. The van der Waals surface area contributed by atoms with Gasteiger partial charge >= 0.3 is 5.56 Å². The Hall–Kier alpha value is -3.16. The molecule has 4 heterocycles. The second kappa shape index (κ2) is 9.37. The first-order chi connectivity index (χ1) is 17.6. The van der Waals surface area contributed by atoms with Gasteiger partial charge in [-0.1, -0.05) is 26.2 Å². The van der Waals surface area contributed by atoms with E-state index in [9.17, 15) is 9.59 Å². The van der Waals surface area contributed by atoms with E-state index in [1.165, 1.54) is 0 Å². The smallest absolute Gasteiger partial charge is 0.316 e. The second-order valence-electron chi connectivity index (χ2n) is 10.7. The number of hydrogen-bond donors (Lipinski definition) is 0. The van der Waals surface area contributed by atoms with Gasteiger partial charge in [0.15, 0.2) is 5.69 Å². The first-order valence-electron chi connectivity index (χ1n) is 13.6. The summed E-state index contributed by atoms with van der Waals surface area (Å²) in [7, 11) is 0. The van der Waals surface area contributed by atoms with E-state index in [0.717, 1.165) is 68.8 Å². The molecule has 0 bridgehead atoms. The van der Waals surface area contributed by atoms with Crippen molar-refractivity contribution in [3.05, 3.63) is 52.5 Å². The Bertz CT molecular complexity index is 1330. The van der Waals surface area contributed by atoms with Crippen LogP contribution in [-0.2, 0) is 18.5 Å². The minimum atomic E-state index is -0.417. The van der Waals surface area contributed by atoms with Crippen molar-refractivity contribution in [3.63, 3.8) is 0 Å². The number of nitrogens with zero attached hydrogens (tertiary/aromatic N) is 5. The molecule has 0 aromatic carbocycles. The lowest BCUT2D eigenvalue weighted by Gasteiger charge is -2.41. The fourth-order valence-electron chi connectivity index (χ4n) is 6.29. The molecule has 3 aliphatic rings. The Labute approximate surface area is 211 Å². The van der Waals surface area contributed by atoms with Gasteiger partial charge in [-0.25, -0.2) is 4.98 Å². The van der Waals surface area contributed by atoms with Crippen LogP contribution in [0.4, 0.5) is 0 Å². The van der Waals surface area contributed by atoms with E-state index < -0.39 is 5.56 Å². The van der Waals surface area contributed by atoms with Crippen LogP contribution in [0.1, 0.15) is 81.0 Å². The first kappa shape index (κ1) is 23.3. The van der Waals surface area contributed by atoms with Crippen LogP contribution in [0.3, 0.4) is 0 Å². The predicted molar refractivity (Wildman–Crippen MR) is 137 cm³/mol. The van der Waals surface area contributed by atoms with Crippen LogP contribution in [-0.4, -0.2) is 49.1 Å². The van der Waals surface area contributed by atoms with E-state index in [4.69, 9.17) is 4.74 Å². The van der Waals surface area contributed by atoms with Crippen LogP contribution in [0.2, 0.25) is 0 Å². The summed E-state index contributed by atoms with van der Waals surface area (Å²) in [5, 5.41) is 1.11.